The minimum atomic E-state index is -1.02. The van der Waals surface area contributed by atoms with Gasteiger partial charge in [0.1, 0.15) is 11.0 Å². The molecule has 3 heterocycles. The fourth-order valence-electron chi connectivity index (χ4n) is 2.60. The standard InChI is InChI=1S/C11H15N5O3/c12-11(1-7(18)6(3-17)16-11)5-2-13-9-8(5)14-4-15-10(9)19/h2,4,6-7,13,16-18H,1,3,12H2,(H,14,15,19)/t6-,7+,11-/m1/s1. The van der Waals surface area contributed by atoms with E-state index < -0.39 is 17.8 Å². The number of nitrogens with zero attached hydrogens (tertiary/aromatic N) is 1. The van der Waals surface area contributed by atoms with Crippen molar-refractivity contribution in [3.63, 3.8) is 0 Å². The molecule has 3 rings (SSSR count). The highest BCUT2D eigenvalue weighted by atomic mass is 16.3. The molecule has 2 aromatic rings. The van der Waals surface area contributed by atoms with Gasteiger partial charge in [0.25, 0.3) is 5.56 Å². The molecular formula is C11H15N5O3. The molecule has 0 bridgehead atoms. The summed E-state index contributed by atoms with van der Waals surface area (Å²) in [5.41, 5.74) is 6.34. The first-order valence-electron chi connectivity index (χ1n) is 5.96. The molecule has 0 amide bonds. The van der Waals surface area contributed by atoms with Crippen molar-refractivity contribution in [2.45, 2.75) is 24.2 Å². The summed E-state index contributed by atoms with van der Waals surface area (Å²) in [6.07, 6.45) is 2.40. The van der Waals surface area contributed by atoms with Crippen molar-refractivity contribution in [3.8, 4) is 0 Å². The van der Waals surface area contributed by atoms with Crippen molar-refractivity contribution < 1.29 is 10.2 Å². The summed E-state index contributed by atoms with van der Waals surface area (Å²) in [7, 11) is 0. The predicted octanol–water partition coefficient (Wildman–Crippen LogP) is -1.92. The first kappa shape index (κ1) is 12.3. The molecule has 0 aliphatic carbocycles. The molecule has 19 heavy (non-hydrogen) atoms. The zero-order valence-corrected chi connectivity index (χ0v) is 10.1. The van der Waals surface area contributed by atoms with Crippen LogP contribution in [0.4, 0.5) is 0 Å². The van der Waals surface area contributed by atoms with Crippen LogP contribution in [0.1, 0.15) is 12.0 Å². The van der Waals surface area contributed by atoms with Gasteiger partial charge < -0.3 is 25.9 Å². The number of aliphatic hydroxyl groups excluding tert-OH is 2. The van der Waals surface area contributed by atoms with E-state index in [1.54, 1.807) is 6.20 Å². The fraction of sp³-hybridized carbons (Fsp3) is 0.455. The van der Waals surface area contributed by atoms with Crippen LogP contribution in [0.25, 0.3) is 11.0 Å². The lowest BCUT2D eigenvalue weighted by atomic mass is 9.99. The lowest BCUT2D eigenvalue weighted by molar-refractivity contribution is 0.120. The summed E-state index contributed by atoms with van der Waals surface area (Å²) in [6.45, 7) is -0.212. The second-order valence-electron chi connectivity index (χ2n) is 4.83. The van der Waals surface area contributed by atoms with Gasteiger partial charge in [-0.2, -0.15) is 0 Å². The number of aromatic nitrogens is 3. The van der Waals surface area contributed by atoms with Crippen LogP contribution >= 0.6 is 0 Å². The largest absolute Gasteiger partial charge is 0.395 e. The Balaban J connectivity index is 2.10. The van der Waals surface area contributed by atoms with E-state index in [9.17, 15) is 9.90 Å². The maximum absolute atomic E-state index is 11.6. The average Bonchev–Trinajstić information content (AvgIpc) is 2.92. The Hall–Kier alpha value is -1.74. The normalized spacial score (nSPS) is 31.1. The number of H-pyrrole nitrogens is 2. The molecule has 102 valence electrons. The lowest BCUT2D eigenvalue weighted by Crippen LogP contribution is -2.49. The highest BCUT2D eigenvalue weighted by Gasteiger charge is 2.43. The van der Waals surface area contributed by atoms with E-state index >= 15 is 0 Å². The number of nitrogens with one attached hydrogen (secondary N) is 3. The number of aromatic amines is 2. The SMILES string of the molecule is N[C@]1(c2c[nH]c3c(=O)[nH]cnc23)C[C@H](O)[C@@H](CO)N1. The third-order valence-corrected chi connectivity index (χ3v) is 3.58. The van der Waals surface area contributed by atoms with Crippen molar-refractivity contribution in [1.29, 1.82) is 0 Å². The maximum Gasteiger partial charge on any atom is 0.275 e. The first-order valence-corrected chi connectivity index (χ1v) is 5.96. The Labute approximate surface area is 107 Å². The predicted molar refractivity (Wildman–Crippen MR) is 67.2 cm³/mol. The zero-order chi connectivity index (χ0) is 13.6. The Morgan fingerprint density at radius 1 is 1.53 bits per heavy atom. The van der Waals surface area contributed by atoms with Crippen molar-refractivity contribution in [3.05, 3.63) is 28.4 Å². The summed E-state index contributed by atoms with van der Waals surface area (Å²) >= 11 is 0. The molecule has 0 unspecified atom stereocenters. The summed E-state index contributed by atoms with van der Waals surface area (Å²) in [6, 6.07) is -0.489. The highest BCUT2D eigenvalue weighted by molar-refractivity contribution is 5.78. The van der Waals surface area contributed by atoms with Gasteiger partial charge in [0.2, 0.25) is 0 Å². The van der Waals surface area contributed by atoms with Crippen LogP contribution < -0.4 is 16.6 Å². The summed E-state index contributed by atoms with van der Waals surface area (Å²) in [5, 5.41) is 22.0. The second-order valence-corrected chi connectivity index (χ2v) is 4.83. The topological polar surface area (TPSA) is 140 Å². The molecule has 0 spiro atoms. The second kappa shape index (κ2) is 4.14. The van der Waals surface area contributed by atoms with Crippen LogP contribution in [0.2, 0.25) is 0 Å². The Kier molecular flexibility index (Phi) is 2.68. The molecule has 1 fully saturated rings. The molecule has 0 saturated carbocycles. The van der Waals surface area contributed by atoms with Crippen LogP contribution in [0.15, 0.2) is 17.3 Å². The van der Waals surface area contributed by atoms with Crippen LogP contribution in [-0.4, -0.2) is 43.9 Å². The van der Waals surface area contributed by atoms with Gasteiger partial charge in [0.15, 0.2) is 0 Å². The number of hydrogen-bond acceptors (Lipinski definition) is 6. The van der Waals surface area contributed by atoms with Crippen molar-refractivity contribution in [2.24, 2.45) is 5.73 Å². The molecular weight excluding hydrogens is 250 g/mol. The summed E-state index contributed by atoms with van der Waals surface area (Å²) < 4.78 is 0. The molecule has 1 saturated heterocycles. The highest BCUT2D eigenvalue weighted by Crippen LogP contribution is 2.31. The minimum Gasteiger partial charge on any atom is -0.395 e. The van der Waals surface area contributed by atoms with Gasteiger partial charge >= 0.3 is 0 Å². The van der Waals surface area contributed by atoms with Gasteiger partial charge in [0, 0.05) is 18.2 Å². The zero-order valence-electron chi connectivity index (χ0n) is 10.1. The average molecular weight is 265 g/mol. The van der Waals surface area contributed by atoms with Crippen LogP contribution in [-0.2, 0) is 5.66 Å². The quantitative estimate of drug-likeness (QED) is 0.374. The summed E-state index contributed by atoms with van der Waals surface area (Å²) in [5.74, 6) is 0. The minimum absolute atomic E-state index is 0.212. The van der Waals surface area contributed by atoms with Crippen molar-refractivity contribution in [1.82, 2.24) is 20.3 Å². The van der Waals surface area contributed by atoms with Gasteiger partial charge in [-0.05, 0) is 0 Å². The van der Waals surface area contributed by atoms with Crippen LogP contribution in [0.5, 0.6) is 0 Å². The van der Waals surface area contributed by atoms with E-state index in [0.717, 1.165) is 0 Å². The van der Waals surface area contributed by atoms with Gasteiger partial charge in [-0.1, -0.05) is 0 Å². The van der Waals surface area contributed by atoms with E-state index in [-0.39, 0.29) is 18.6 Å². The van der Waals surface area contributed by atoms with Crippen molar-refractivity contribution >= 4 is 11.0 Å². The third-order valence-electron chi connectivity index (χ3n) is 3.58. The molecule has 7 N–H and O–H groups in total. The number of hydrogen-bond donors (Lipinski definition) is 6. The summed E-state index contributed by atoms with van der Waals surface area (Å²) in [4.78, 5) is 21.0. The molecule has 3 atom stereocenters. The molecule has 8 heteroatoms. The Bertz CT molecular complexity index is 666. The number of rotatable bonds is 2. The van der Waals surface area contributed by atoms with E-state index in [4.69, 9.17) is 10.8 Å². The van der Waals surface area contributed by atoms with Gasteiger partial charge in [-0.25, -0.2) is 4.98 Å². The van der Waals surface area contributed by atoms with E-state index in [2.05, 4.69) is 20.3 Å². The molecule has 0 radical (unpaired) electrons. The first-order chi connectivity index (χ1) is 9.05. The van der Waals surface area contributed by atoms with Gasteiger partial charge in [-0.3, -0.25) is 10.1 Å². The number of nitrogens with two attached hydrogens (primary N) is 1. The monoisotopic (exact) mass is 265 g/mol. The lowest BCUT2D eigenvalue weighted by Gasteiger charge is -2.24. The van der Waals surface area contributed by atoms with E-state index in [1.165, 1.54) is 6.33 Å². The number of aliphatic hydroxyl groups is 2. The van der Waals surface area contributed by atoms with Crippen LogP contribution in [0, 0.1) is 0 Å². The van der Waals surface area contributed by atoms with E-state index in [1.807, 2.05) is 0 Å². The Morgan fingerprint density at radius 2 is 2.32 bits per heavy atom. The fourth-order valence-corrected chi connectivity index (χ4v) is 2.60. The van der Waals surface area contributed by atoms with Crippen LogP contribution in [0.3, 0.4) is 0 Å². The van der Waals surface area contributed by atoms with Gasteiger partial charge in [-0.15, -0.1) is 0 Å². The molecule has 2 aromatic heterocycles. The maximum atomic E-state index is 11.6. The molecule has 1 aliphatic rings. The molecule has 0 aromatic carbocycles. The van der Waals surface area contributed by atoms with Gasteiger partial charge in [0.05, 0.1) is 30.7 Å². The molecule has 8 nitrogen and oxygen atoms in total. The van der Waals surface area contributed by atoms with E-state index in [0.29, 0.717) is 16.6 Å². The van der Waals surface area contributed by atoms with Crippen molar-refractivity contribution in [2.75, 3.05) is 6.61 Å². The Morgan fingerprint density at radius 3 is 3.00 bits per heavy atom. The third kappa shape index (κ3) is 1.77. The number of fused-ring (bicyclic) bond motifs is 1. The smallest absolute Gasteiger partial charge is 0.275 e. The molecule has 1 aliphatic heterocycles.